The molecule has 0 radical (unpaired) electrons. The number of fused-ring (bicyclic) bond motifs is 1. The maximum atomic E-state index is 13.9. The van der Waals surface area contributed by atoms with E-state index in [1.54, 1.807) is 69.5 Å². The molecule has 1 aliphatic rings. The topological polar surface area (TPSA) is 79.1 Å². The van der Waals surface area contributed by atoms with Crippen molar-refractivity contribution in [3.05, 3.63) is 121 Å². The van der Waals surface area contributed by atoms with Crippen molar-refractivity contribution in [1.82, 2.24) is 4.57 Å². The summed E-state index contributed by atoms with van der Waals surface area (Å²) in [5, 5.41) is 1.59. The van der Waals surface area contributed by atoms with E-state index in [1.807, 2.05) is 12.1 Å². The zero-order valence-electron chi connectivity index (χ0n) is 23.1. The molecule has 4 aromatic rings. The van der Waals surface area contributed by atoms with Gasteiger partial charge < -0.3 is 14.2 Å². The van der Waals surface area contributed by atoms with Crippen LogP contribution in [-0.2, 0) is 16.1 Å². The zero-order chi connectivity index (χ0) is 30.8. The summed E-state index contributed by atoms with van der Waals surface area (Å²) < 4.78 is 19.8. The fourth-order valence-corrected chi connectivity index (χ4v) is 7.07. The first-order valence-corrected chi connectivity index (χ1v) is 16.0. The SMILES string of the molecule is CCOC(=O)C1=C(C)N=c2sc(=Cc3cc(I)c(OCc4ccc(Cl)cc4Cl)c(OC)c3)c(=O)n2[C@H]1c1ccc(Cl)cc1. The van der Waals surface area contributed by atoms with Crippen LogP contribution in [0.25, 0.3) is 6.08 Å². The number of ether oxygens (including phenoxy) is 3. The van der Waals surface area contributed by atoms with E-state index in [1.165, 1.54) is 15.9 Å². The highest BCUT2D eigenvalue weighted by Crippen LogP contribution is 2.36. The average molecular weight is 770 g/mol. The van der Waals surface area contributed by atoms with Gasteiger partial charge in [-0.15, -0.1) is 0 Å². The third-order valence-corrected chi connectivity index (χ3v) is 9.26. The van der Waals surface area contributed by atoms with Gasteiger partial charge in [-0.25, -0.2) is 9.79 Å². The molecule has 43 heavy (non-hydrogen) atoms. The second-order valence-corrected chi connectivity index (χ2v) is 12.9. The van der Waals surface area contributed by atoms with Crippen LogP contribution in [0.4, 0.5) is 0 Å². The highest BCUT2D eigenvalue weighted by atomic mass is 127. The number of benzene rings is 3. The first kappa shape index (κ1) is 31.6. The van der Waals surface area contributed by atoms with Gasteiger partial charge in [0.05, 0.1) is 39.1 Å². The van der Waals surface area contributed by atoms with E-state index >= 15 is 0 Å². The second kappa shape index (κ2) is 13.4. The summed E-state index contributed by atoms with van der Waals surface area (Å²) in [6.07, 6.45) is 1.77. The number of halogens is 4. The lowest BCUT2D eigenvalue weighted by Crippen LogP contribution is -2.39. The molecule has 3 aromatic carbocycles. The average Bonchev–Trinajstić information content (AvgIpc) is 3.26. The number of allylic oxidation sites excluding steroid dienone is 1. The van der Waals surface area contributed by atoms with Gasteiger partial charge in [-0.2, -0.15) is 0 Å². The Kier molecular flexibility index (Phi) is 9.87. The summed E-state index contributed by atoms with van der Waals surface area (Å²) in [5.41, 5.74) is 2.73. The number of hydrogen-bond donors (Lipinski definition) is 0. The summed E-state index contributed by atoms with van der Waals surface area (Å²) in [6.45, 7) is 3.89. The minimum atomic E-state index is -0.722. The predicted octanol–water partition coefficient (Wildman–Crippen LogP) is 6.95. The first-order chi connectivity index (χ1) is 20.6. The Hall–Kier alpha value is -2.83. The molecule has 0 N–H and O–H groups in total. The van der Waals surface area contributed by atoms with E-state index in [-0.39, 0.29) is 18.8 Å². The molecule has 0 fully saturated rings. The van der Waals surface area contributed by atoms with E-state index in [9.17, 15) is 9.59 Å². The minimum Gasteiger partial charge on any atom is -0.493 e. The van der Waals surface area contributed by atoms with Crippen LogP contribution in [0.15, 0.2) is 75.7 Å². The van der Waals surface area contributed by atoms with E-state index in [0.29, 0.717) is 52.7 Å². The van der Waals surface area contributed by atoms with Gasteiger partial charge in [0.15, 0.2) is 16.3 Å². The summed E-state index contributed by atoms with van der Waals surface area (Å²) in [4.78, 5) is 32.1. The Bertz CT molecular complexity index is 1940. The van der Waals surface area contributed by atoms with Gasteiger partial charge in [-0.1, -0.05) is 64.3 Å². The summed E-state index contributed by atoms with van der Waals surface area (Å²) >= 11 is 21.9. The van der Waals surface area contributed by atoms with Gasteiger partial charge in [0.2, 0.25) is 0 Å². The van der Waals surface area contributed by atoms with E-state index in [4.69, 9.17) is 49.0 Å². The summed E-state index contributed by atoms with van der Waals surface area (Å²) in [6, 6.07) is 15.2. The molecule has 0 amide bonds. The monoisotopic (exact) mass is 768 g/mol. The van der Waals surface area contributed by atoms with Crippen LogP contribution in [0.2, 0.25) is 15.1 Å². The molecule has 1 aromatic heterocycles. The molecule has 5 rings (SSSR count). The summed E-state index contributed by atoms with van der Waals surface area (Å²) in [7, 11) is 1.55. The second-order valence-electron chi connectivity index (χ2n) is 9.41. The van der Waals surface area contributed by atoms with Gasteiger partial charge in [0.1, 0.15) is 6.61 Å². The summed E-state index contributed by atoms with van der Waals surface area (Å²) in [5.74, 6) is 0.522. The van der Waals surface area contributed by atoms with E-state index < -0.39 is 12.0 Å². The number of thiazole rings is 1. The maximum absolute atomic E-state index is 13.9. The maximum Gasteiger partial charge on any atom is 0.338 e. The third-order valence-electron chi connectivity index (χ3n) is 6.64. The molecule has 0 bridgehead atoms. The van der Waals surface area contributed by atoms with Crippen LogP contribution in [0.3, 0.4) is 0 Å². The van der Waals surface area contributed by atoms with Gasteiger partial charge >= 0.3 is 5.97 Å². The normalized spacial score (nSPS) is 14.8. The lowest BCUT2D eigenvalue weighted by Gasteiger charge is -2.24. The van der Waals surface area contributed by atoms with Crippen LogP contribution in [0.1, 0.15) is 36.6 Å². The molecule has 0 saturated heterocycles. The van der Waals surface area contributed by atoms with Crippen LogP contribution < -0.4 is 24.4 Å². The smallest absolute Gasteiger partial charge is 0.338 e. The molecular formula is C31H24Cl3IN2O5S. The van der Waals surface area contributed by atoms with Crippen molar-refractivity contribution in [2.45, 2.75) is 26.5 Å². The zero-order valence-corrected chi connectivity index (χ0v) is 28.4. The molecule has 0 spiro atoms. The largest absolute Gasteiger partial charge is 0.493 e. The number of carbonyl (C=O) groups is 1. The van der Waals surface area contributed by atoms with Crippen LogP contribution >= 0.6 is 68.7 Å². The molecule has 7 nitrogen and oxygen atoms in total. The fourth-order valence-electron chi connectivity index (χ4n) is 4.66. The number of carbonyl (C=O) groups excluding carboxylic acids is 1. The molecular weight excluding hydrogens is 746 g/mol. The Morgan fingerprint density at radius 3 is 2.49 bits per heavy atom. The van der Waals surface area contributed by atoms with E-state index in [0.717, 1.165) is 14.7 Å². The Morgan fingerprint density at radius 1 is 1.09 bits per heavy atom. The van der Waals surface area contributed by atoms with Crippen molar-refractivity contribution in [3.8, 4) is 11.5 Å². The number of esters is 1. The lowest BCUT2D eigenvalue weighted by atomic mass is 9.96. The van der Waals surface area contributed by atoms with Crippen molar-refractivity contribution in [2.24, 2.45) is 4.99 Å². The molecule has 0 aliphatic carbocycles. The molecule has 0 unspecified atom stereocenters. The minimum absolute atomic E-state index is 0.195. The quantitative estimate of drug-likeness (QED) is 0.143. The molecule has 222 valence electrons. The van der Waals surface area contributed by atoms with Crippen LogP contribution in [0.5, 0.6) is 11.5 Å². The first-order valence-electron chi connectivity index (χ1n) is 13.0. The van der Waals surface area contributed by atoms with Crippen LogP contribution in [0, 0.1) is 3.57 Å². The lowest BCUT2D eigenvalue weighted by molar-refractivity contribution is -0.139. The van der Waals surface area contributed by atoms with Crippen molar-refractivity contribution in [3.63, 3.8) is 0 Å². The Labute approximate surface area is 280 Å². The number of aromatic nitrogens is 1. The van der Waals surface area contributed by atoms with Crippen LogP contribution in [-0.4, -0.2) is 24.3 Å². The van der Waals surface area contributed by atoms with Gasteiger partial charge in [0, 0.05) is 20.6 Å². The molecule has 1 atom stereocenters. The molecule has 1 aliphatic heterocycles. The van der Waals surface area contributed by atoms with Crippen molar-refractivity contribution in [1.29, 1.82) is 0 Å². The molecule has 0 saturated carbocycles. The third kappa shape index (κ3) is 6.66. The van der Waals surface area contributed by atoms with Crippen molar-refractivity contribution >= 4 is 80.8 Å². The fraction of sp³-hybridized carbons (Fsp3) is 0.194. The Morgan fingerprint density at radius 2 is 1.81 bits per heavy atom. The standard InChI is InChI=1S/C31H24Cl3IN2O5S/c1-4-41-30(39)26-16(2)36-31-37(27(26)18-5-8-20(32)9-6-18)29(38)25(43-31)13-17-11-23(35)28(24(12-17)40-3)42-15-19-7-10-21(33)14-22(19)34/h5-14,27H,4,15H2,1-3H3/t27-/m0/s1. The highest BCUT2D eigenvalue weighted by Gasteiger charge is 2.33. The highest BCUT2D eigenvalue weighted by molar-refractivity contribution is 14.1. The van der Waals surface area contributed by atoms with Gasteiger partial charge in [-0.05, 0) is 90.0 Å². The van der Waals surface area contributed by atoms with Crippen molar-refractivity contribution in [2.75, 3.05) is 13.7 Å². The van der Waals surface area contributed by atoms with Crippen molar-refractivity contribution < 1.29 is 19.0 Å². The number of methoxy groups -OCH3 is 1. The number of hydrogen-bond acceptors (Lipinski definition) is 7. The predicted molar refractivity (Wildman–Crippen MR) is 178 cm³/mol. The number of rotatable bonds is 8. The Balaban J connectivity index is 1.56. The molecule has 2 heterocycles. The number of nitrogens with zero attached hydrogens (tertiary/aromatic N) is 2. The van der Waals surface area contributed by atoms with E-state index in [2.05, 4.69) is 27.6 Å². The molecule has 12 heteroatoms. The van der Waals surface area contributed by atoms with Gasteiger partial charge in [-0.3, -0.25) is 9.36 Å². The van der Waals surface area contributed by atoms with Gasteiger partial charge in [0.25, 0.3) is 5.56 Å².